The Hall–Kier alpha value is -1.22. The molecule has 0 aliphatic heterocycles. The fourth-order valence-corrected chi connectivity index (χ4v) is 3.45. The van der Waals surface area contributed by atoms with E-state index >= 15 is 0 Å². The predicted molar refractivity (Wildman–Crippen MR) is 62.8 cm³/mol. The summed E-state index contributed by atoms with van der Waals surface area (Å²) in [6.07, 6.45) is -0.141. The largest absolute Gasteiger partial charge is 0.453 e. The molecule has 1 saturated carbocycles. The Kier molecular flexibility index (Phi) is 2.79. The second kappa shape index (κ2) is 4.14. The molecule has 1 aliphatic carbocycles. The Balaban J connectivity index is 1.92. The lowest BCUT2D eigenvalue weighted by Gasteiger charge is -2.21. The van der Waals surface area contributed by atoms with E-state index in [1.54, 1.807) is 0 Å². The molecule has 2 aromatic rings. The summed E-state index contributed by atoms with van der Waals surface area (Å²) in [6.45, 7) is 0. The molecular formula is C10H12F3N5S. The number of alkyl halides is 3. The third kappa shape index (κ3) is 2.32. The quantitative estimate of drug-likeness (QED) is 0.919. The van der Waals surface area contributed by atoms with Gasteiger partial charge in [-0.05, 0) is 12.8 Å². The van der Waals surface area contributed by atoms with E-state index < -0.39 is 12.0 Å². The molecule has 1 aliphatic rings. The van der Waals surface area contributed by atoms with Gasteiger partial charge < -0.3 is 5.73 Å². The van der Waals surface area contributed by atoms with E-state index in [4.69, 9.17) is 5.73 Å². The third-order valence-electron chi connectivity index (χ3n) is 3.39. The van der Waals surface area contributed by atoms with E-state index in [2.05, 4.69) is 15.3 Å². The highest BCUT2D eigenvalue weighted by Crippen LogP contribution is 2.33. The van der Waals surface area contributed by atoms with Gasteiger partial charge in [0.25, 0.3) is 5.82 Å². The SMILES string of the molecule is NC1(Cc2nn3c(C(F)(F)F)nnc3s2)CCCC1. The molecule has 0 aromatic carbocycles. The van der Waals surface area contributed by atoms with Crippen LogP contribution in [0.25, 0.3) is 4.96 Å². The lowest BCUT2D eigenvalue weighted by molar-refractivity contribution is -0.146. The van der Waals surface area contributed by atoms with Crippen molar-refractivity contribution in [2.75, 3.05) is 0 Å². The second-order valence-corrected chi connectivity index (χ2v) is 6.00. The van der Waals surface area contributed by atoms with Crippen LogP contribution < -0.4 is 5.73 Å². The number of rotatable bonds is 2. The molecule has 2 heterocycles. The number of hydrogen-bond donors (Lipinski definition) is 1. The first-order valence-electron chi connectivity index (χ1n) is 5.95. The van der Waals surface area contributed by atoms with Crippen molar-refractivity contribution in [2.45, 2.75) is 43.8 Å². The zero-order valence-corrected chi connectivity index (χ0v) is 10.8. The molecule has 19 heavy (non-hydrogen) atoms. The molecule has 2 N–H and O–H groups in total. The van der Waals surface area contributed by atoms with E-state index in [0.717, 1.165) is 41.5 Å². The van der Waals surface area contributed by atoms with Crippen molar-refractivity contribution < 1.29 is 13.2 Å². The maximum Gasteiger partial charge on any atom is 0.453 e. The average Bonchev–Trinajstić information content (AvgIpc) is 2.91. The molecule has 0 atom stereocenters. The highest BCUT2D eigenvalue weighted by Gasteiger charge is 2.39. The fraction of sp³-hybridized carbons (Fsp3) is 0.700. The Morgan fingerprint density at radius 1 is 1.26 bits per heavy atom. The highest BCUT2D eigenvalue weighted by atomic mass is 32.1. The van der Waals surface area contributed by atoms with E-state index in [0.29, 0.717) is 11.4 Å². The zero-order chi connectivity index (χ0) is 13.7. The first-order chi connectivity index (χ1) is 8.87. The summed E-state index contributed by atoms with van der Waals surface area (Å²) in [5, 5.41) is 11.2. The summed E-state index contributed by atoms with van der Waals surface area (Å²) in [6, 6.07) is 0. The second-order valence-electron chi connectivity index (χ2n) is 4.96. The monoisotopic (exact) mass is 291 g/mol. The van der Waals surface area contributed by atoms with Gasteiger partial charge in [-0.25, -0.2) is 0 Å². The lowest BCUT2D eigenvalue weighted by Crippen LogP contribution is -2.38. The molecule has 1 fully saturated rings. The van der Waals surface area contributed by atoms with Crippen LogP contribution in [0, 0.1) is 0 Å². The summed E-state index contributed by atoms with van der Waals surface area (Å²) >= 11 is 1.12. The minimum Gasteiger partial charge on any atom is -0.325 e. The van der Waals surface area contributed by atoms with Gasteiger partial charge in [0.15, 0.2) is 0 Å². The van der Waals surface area contributed by atoms with E-state index in [1.807, 2.05) is 0 Å². The Morgan fingerprint density at radius 2 is 1.95 bits per heavy atom. The van der Waals surface area contributed by atoms with Crippen molar-refractivity contribution in [1.29, 1.82) is 0 Å². The fourth-order valence-electron chi connectivity index (χ4n) is 2.46. The first kappa shape index (κ1) is 12.8. The molecule has 104 valence electrons. The summed E-state index contributed by atoms with van der Waals surface area (Å²) in [4.78, 5) is 0.156. The predicted octanol–water partition coefficient (Wildman–Crippen LogP) is 2.02. The Bertz CT molecular complexity index is 596. The smallest absolute Gasteiger partial charge is 0.325 e. The minimum atomic E-state index is -4.54. The van der Waals surface area contributed by atoms with Crippen molar-refractivity contribution in [3.8, 4) is 0 Å². The number of nitrogens with two attached hydrogens (primary N) is 1. The van der Waals surface area contributed by atoms with Gasteiger partial charge in [-0.15, -0.1) is 10.2 Å². The van der Waals surface area contributed by atoms with Crippen molar-refractivity contribution in [1.82, 2.24) is 19.8 Å². The van der Waals surface area contributed by atoms with Crippen molar-refractivity contribution in [2.24, 2.45) is 5.73 Å². The van der Waals surface area contributed by atoms with Gasteiger partial charge in [0.2, 0.25) is 4.96 Å². The Morgan fingerprint density at radius 3 is 2.58 bits per heavy atom. The molecule has 2 aromatic heterocycles. The van der Waals surface area contributed by atoms with Gasteiger partial charge in [-0.1, -0.05) is 24.2 Å². The molecule has 0 saturated heterocycles. The van der Waals surface area contributed by atoms with Gasteiger partial charge in [0.1, 0.15) is 5.01 Å². The maximum absolute atomic E-state index is 12.7. The van der Waals surface area contributed by atoms with Crippen LogP contribution >= 0.6 is 11.3 Å². The first-order valence-corrected chi connectivity index (χ1v) is 6.76. The Labute approximate surface area is 110 Å². The molecule has 0 bridgehead atoms. The number of halogens is 3. The van der Waals surface area contributed by atoms with Crippen molar-refractivity contribution in [3.05, 3.63) is 10.8 Å². The van der Waals surface area contributed by atoms with Crippen LogP contribution in [0.1, 0.15) is 36.5 Å². The van der Waals surface area contributed by atoms with Crippen LogP contribution in [0.5, 0.6) is 0 Å². The molecule has 0 unspecified atom stereocenters. The third-order valence-corrected chi connectivity index (χ3v) is 4.29. The van der Waals surface area contributed by atoms with E-state index in [1.165, 1.54) is 0 Å². The molecule has 0 radical (unpaired) electrons. The molecular weight excluding hydrogens is 279 g/mol. The average molecular weight is 291 g/mol. The van der Waals surface area contributed by atoms with E-state index in [-0.39, 0.29) is 10.5 Å². The van der Waals surface area contributed by atoms with Crippen LogP contribution in [0.15, 0.2) is 0 Å². The molecule has 0 spiro atoms. The maximum atomic E-state index is 12.7. The number of aromatic nitrogens is 4. The molecule has 9 heteroatoms. The van der Waals surface area contributed by atoms with Gasteiger partial charge in [-0.3, -0.25) is 0 Å². The van der Waals surface area contributed by atoms with Crippen molar-refractivity contribution >= 4 is 16.3 Å². The van der Waals surface area contributed by atoms with Gasteiger partial charge in [-0.2, -0.15) is 22.8 Å². The number of fused-ring (bicyclic) bond motifs is 1. The summed E-state index contributed by atoms with van der Waals surface area (Å²) in [7, 11) is 0. The lowest BCUT2D eigenvalue weighted by atomic mass is 9.95. The van der Waals surface area contributed by atoms with Gasteiger partial charge in [0.05, 0.1) is 0 Å². The molecule has 0 amide bonds. The van der Waals surface area contributed by atoms with Gasteiger partial charge >= 0.3 is 6.18 Å². The van der Waals surface area contributed by atoms with Crippen molar-refractivity contribution in [3.63, 3.8) is 0 Å². The summed E-state index contributed by atoms with van der Waals surface area (Å²) in [5.74, 6) is -1.08. The number of hydrogen-bond acceptors (Lipinski definition) is 5. The van der Waals surface area contributed by atoms with Crippen LogP contribution in [-0.4, -0.2) is 25.4 Å². The zero-order valence-electron chi connectivity index (χ0n) is 9.94. The highest BCUT2D eigenvalue weighted by molar-refractivity contribution is 7.16. The van der Waals surface area contributed by atoms with Crippen LogP contribution in [0.4, 0.5) is 13.2 Å². The normalized spacial score (nSPS) is 19.4. The minimum absolute atomic E-state index is 0.156. The standard InChI is InChI=1S/C10H12F3N5S/c11-10(12,13)7-15-16-8-18(7)17-6(19-8)5-9(14)3-1-2-4-9/h1-5,14H2. The van der Waals surface area contributed by atoms with E-state index in [9.17, 15) is 13.2 Å². The van der Waals surface area contributed by atoms with Crippen LogP contribution in [0.2, 0.25) is 0 Å². The molecule has 5 nitrogen and oxygen atoms in total. The van der Waals surface area contributed by atoms with Crippen LogP contribution in [-0.2, 0) is 12.6 Å². The van der Waals surface area contributed by atoms with Gasteiger partial charge in [0, 0.05) is 12.0 Å². The number of nitrogens with zero attached hydrogens (tertiary/aromatic N) is 4. The summed E-state index contributed by atoms with van der Waals surface area (Å²) in [5.41, 5.74) is 5.87. The van der Waals surface area contributed by atoms with Crippen LogP contribution in [0.3, 0.4) is 0 Å². The molecule has 3 rings (SSSR count). The summed E-state index contributed by atoms with van der Waals surface area (Å²) < 4.78 is 38.7. The topological polar surface area (TPSA) is 69.1 Å².